The van der Waals surface area contributed by atoms with E-state index in [9.17, 15) is 18.5 Å². The standard InChI is InChI=1S/C22H21N3O7S/c1-30-16-8-6-15(7-9-16)24-33(28,29)18-10-11-19(20(12-18)25(26)27)23-13-17-14-31-21-4-2-3-5-22(21)32-17/h2-12,17,23-24H,13-14H2,1H3. The molecule has 3 aromatic rings. The summed E-state index contributed by atoms with van der Waals surface area (Å²) >= 11 is 0. The number of nitro benzene ring substituents is 1. The maximum atomic E-state index is 12.7. The molecular formula is C22H21N3O7S. The number of rotatable bonds is 8. The topological polar surface area (TPSA) is 129 Å². The fraction of sp³-hybridized carbons (Fsp3) is 0.182. The van der Waals surface area contributed by atoms with Crippen molar-refractivity contribution in [2.75, 3.05) is 30.3 Å². The van der Waals surface area contributed by atoms with Crippen molar-refractivity contribution in [2.45, 2.75) is 11.0 Å². The number of fused-ring (bicyclic) bond motifs is 1. The van der Waals surface area contributed by atoms with Crippen LogP contribution in [0.25, 0.3) is 0 Å². The second-order valence-electron chi connectivity index (χ2n) is 7.15. The summed E-state index contributed by atoms with van der Waals surface area (Å²) in [5, 5.41) is 14.6. The second-order valence-corrected chi connectivity index (χ2v) is 8.83. The molecule has 0 aliphatic carbocycles. The Morgan fingerprint density at radius 1 is 1.09 bits per heavy atom. The number of sulfonamides is 1. The highest BCUT2D eigenvalue weighted by Gasteiger charge is 2.24. The molecule has 1 unspecified atom stereocenters. The van der Waals surface area contributed by atoms with Gasteiger partial charge in [0.05, 0.1) is 23.5 Å². The molecule has 1 aliphatic heterocycles. The summed E-state index contributed by atoms with van der Waals surface area (Å²) in [4.78, 5) is 10.8. The molecule has 4 rings (SSSR count). The van der Waals surface area contributed by atoms with E-state index in [0.29, 0.717) is 22.9 Å². The highest BCUT2D eigenvalue weighted by molar-refractivity contribution is 7.92. The van der Waals surface area contributed by atoms with Crippen LogP contribution in [-0.2, 0) is 10.0 Å². The van der Waals surface area contributed by atoms with Crippen LogP contribution < -0.4 is 24.2 Å². The van der Waals surface area contributed by atoms with Crippen LogP contribution in [0.15, 0.2) is 71.6 Å². The van der Waals surface area contributed by atoms with Crippen LogP contribution in [0.3, 0.4) is 0 Å². The number of hydrogen-bond acceptors (Lipinski definition) is 8. The first-order chi connectivity index (χ1) is 15.9. The van der Waals surface area contributed by atoms with Gasteiger partial charge in [0.25, 0.3) is 15.7 Å². The Kier molecular flexibility index (Phi) is 6.22. The lowest BCUT2D eigenvalue weighted by molar-refractivity contribution is -0.384. The molecule has 2 N–H and O–H groups in total. The van der Waals surface area contributed by atoms with Gasteiger partial charge in [0.1, 0.15) is 24.1 Å². The van der Waals surface area contributed by atoms with Crippen LogP contribution in [0.5, 0.6) is 17.2 Å². The predicted octanol–water partition coefficient (Wildman–Crippen LogP) is 3.66. The van der Waals surface area contributed by atoms with Crippen LogP contribution in [0.1, 0.15) is 0 Å². The van der Waals surface area contributed by atoms with Crippen molar-refractivity contribution in [3.8, 4) is 17.2 Å². The van der Waals surface area contributed by atoms with E-state index in [-0.39, 0.29) is 35.5 Å². The minimum absolute atomic E-state index is 0.172. The van der Waals surface area contributed by atoms with Crippen molar-refractivity contribution in [1.82, 2.24) is 0 Å². The summed E-state index contributed by atoms with van der Waals surface area (Å²) in [7, 11) is -2.54. The van der Waals surface area contributed by atoms with Gasteiger partial charge in [-0.3, -0.25) is 14.8 Å². The van der Waals surface area contributed by atoms with Gasteiger partial charge in [-0.15, -0.1) is 0 Å². The Morgan fingerprint density at radius 3 is 2.52 bits per heavy atom. The summed E-state index contributed by atoms with van der Waals surface area (Å²) < 4.78 is 44.4. The van der Waals surface area contributed by atoms with E-state index in [4.69, 9.17) is 14.2 Å². The van der Waals surface area contributed by atoms with E-state index in [0.717, 1.165) is 6.07 Å². The Morgan fingerprint density at radius 2 is 1.82 bits per heavy atom. The van der Waals surface area contributed by atoms with Crippen molar-refractivity contribution >= 4 is 27.1 Å². The lowest BCUT2D eigenvalue weighted by atomic mass is 10.2. The average molecular weight is 471 g/mol. The summed E-state index contributed by atoms with van der Waals surface area (Å²) in [5.74, 6) is 1.80. The van der Waals surface area contributed by atoms with Gasteiger partial charge in [0.15, 0.2) is 11.5 Å². The molecule has 3 aromatic carbocycles. The Bertz CT molecular complexity index is 1260. The summed E-state index contributed by atoms with van der Waals surface area (Å²) in [6.07, 6.45) is -0.375. The summed E-state index contributed by atoms with van der Waals surface area (Å²) in [6.45, 7) is 0.501. The smallest absolute Gasteiger partial charge is 0.293 e. The van der Waals surface area contributed by atoms with Gasteiger partial charge >= 0.3 is 0 Å². The van der Waals surface area contributed by atoms with Crippen LogP contribution in [0, 0.1) is 10.1 Å². The van der Waals surface area contributed by atoms with Crippen molar-refractivity contribution in [3.63, 3.8) is 0 Å². The monoisotopic (exact) mass is 471 g/mol. The zero-order valence-electron chi connectivity index (χ0n) is 17.6. The Balaban J connectivity index is 1.48. The fourth-order valence-electron chi connectivity index (χ4n) is 3.24. The van der Waals surface area contributed by atoms with E-state index in [1.54, 1.807) is 24.3 Å². The molecule has 33 heavy (non-hydrogen) atoms. The molecule has 11 heteroatoms. The van der Waals surface area contributed by atoms with Gasteiger partial charge in [-0.25, -0.2) is 8.42 Å². The number of anilines is 2. The van der Waals surface area contributed by atoms with E-state index in [1.807, 2.05) is 12.1 Å². The third-order valence-corrected chi connectivity index (χ3v) is 6.29. The van der Waals surface area contributed by atoms with Crippen LogP contribution in [-0.4, -0.2) is 39.7 Å². The highest BCUT2D eigenvalue weighted by Crippen LogP contribution is 2.32. The van der Waals surface area contributed by atoms with Crippen molar-refractivity contribution in [3.05, 3.63) is 76.8 Å². The number of ether oxygens (including phenoxy) is 3. The number of para-hydroxylation sites is 2. The van der Waals surface area contributed by atoms with Gasteiger partial charge in [-0.1, -0.05) is 12.1 Å². The molecule has 0 saturated carbocycles. The molecule has 1 atom stereocenters. The summed E-state index contributed by atoms with van der Waals surface area (Å²) in [6, 6.07) is 17.2. The molecule has 172 valence electrons. The number of nitrogens with zero attached hydrogens (tertiary/aromatic N) is 1. The first-order valence-electron chi connectivity index (χ1n) is 9.93. The zero-order chi connectivity index (χ0) is 23.4. The zero-order valence-corrected chi connectivity index (χ0v) is 18.4. The van der Waals surface area contributed by atoms with Crippen LogP contribution in [0.4, 0.5) is 17.1 Å². The van der Waals surface area contributed by atoms with Gasteiger partial charge in [0, 0.05) is 11.8 Å². The van der Waals surface area contributed by atoms with Crippen LogP contribution in [0.2, 0.25) is 0 Å². The molecule has 0 bridgehead atoms. The first kappa shape index (κ1) is 22.2. The molecular weight excluding hydrogens is 450 g/mol. The van der Waals surface area contributed by atoms with Crippen molar-refractivity contribution in [1.29, 1.82) is 0 Å². The number of nitro groups is 1. The SMILES string of the molecule is COc1ccc(NS(=O)(=O)c2ccc(NCC3COc4ccccc4O3)c([N+](=O)[O-])c2)cc1. The number of methoxy groups -OCH3 is 1. The fourth-order valence-corrected chi connectivity index (χ4v) is 4.32. The minimum atomic E-state index is -4.04. The first-order valence-corrected chi connectivity index (χ1v) is 11.4. The normalized spacial score (nSPS) is 14.9. The highest BCUT2D eigenvalue weighted by atomic mass is 32.2. The van der Waals surface area contributed by atoms with Crippen molar-refractivity contribution < 1.29 is 27.6 Å². The van der Waals surface area contributed by atoms with Gasteiger partial charge in [-0.2, -0.15) is 0 Å². The molecule has 1 heterocycles. The van der Waals surface area contributed by atoms with E-state index < -0.39 is 14.9 Å². The Labute approximate surface area is 190 Å². The quantitative estimate of drug-likeness (QED) is 0.376. The molecule has 10 nitrogen and oxygen atoms in total. The molecule has 0 fully saturated rings. The number of hydrogen-bond donors (Lipinski definition) is 2. The lowest BCUT2D eigenvalue weighted by Crippen LogP contribution is -2.35. The van der Waals surface area contributed by atoms with E-state index in [1.165, 1.54) is 31.4 Å². The maximum Gasteiger partial charge on any atom is 0.293 e. The van der Waals surface area contributed by atoms with Gasteiger partial charge in [-0.05, 0) is 48.5 Å². The largest absolute Gasteiger partial charge is 0.497 e. The van der Waals surface area contributed by atoms with Gasteiger partial charge in [0.2, 0.25) is 0 Å². The average Bonchev–Trinajstić information content (AvgIpc) is 2.82. The van der Waals surface area contributed by atoms with Crippen molar-refractivity contribution in [2.24, 2.45) is 0 Å². The molecule has 0 aromatic heterocycles. The summed E-state index contributed by atoms with van der Waals surface area (Å²) in [5.41, 5.74) is 0.103. The van der Waals surface area contributed by atoms with E-state index in [2.05, 4.69) is 10.0 Å². The number of benzene rings is 3. The van der Waals surface area contributed by atoms with E-state index >= 15 is 0 Å². The predicted molar refractivity (Wildman–Crippen MR) is 122 cm³/mol. The number of nitrogens with one attached hydrogen (secondary N) is 2. The Hall–Kier alpha value is -3.99. The lowest BCUT2D eigenvalue weighted by Gasteiger charge is -2.26. The third kappa shape index (κ3) is 5.09. The van der Waals surface area contributed by atoms with Gasteiger partial charge < -0.3 is 19.5 Å². The van der Waals surface area contributed by atoms with Crippen LogP contribution >= 0.6 is 0 Å². The minimum Gasteiger partial charge on any atom is -0.497 e. The molecule has 0 spiro atoms. The second kappa shape index (κ2) is 9.25. The molecule has 0 amide bonds. The molecule has 0 saturated heterocycles. The third-order valence-electron chi connectivity index (χ3n) is 4.91. The molecule has 0 radical (unpaired) electrons. The maximum absolute atomic E-state index is 12.7. The molecule has 1 aliphatic rings.